The van der Waals surface area contributed by atoms with Gasteiger partial charge >= 0.3 is 6.61 Å². The number of nitrogens with one attached hydrogen (secondary N) is 1. The lowest BCUT2D eigenvalue weighted by atomic mass is 10.2. The number of hydrogen-bond donors (Lipinski definition) is 1. The number of benzene rings is 2. The van der Waals surface area contributed by atoms with Crippen LogP contribution in [-0.2, 0) is 11.3 Å². The van der Waals surface area contributed by atoms with Gasteiger partial charge in [0, 0.05) is 18.5 Å². The van der Waals surface area contributed by atoms with Crippen LogP contribution in [0.4, 0.5) is 14.5 Å². The van der Waals surface area contributed by atoms with Crippen LogP contribution < -0.4 is 19.5 Å². The van der Waals surface area contributed by atoms with Crippen LogP contribution in [0.2, 0.25) is 0 Å². The highest BCUT2D eigenvalue weighted by Crippen LogP contribution is 2.30. The maximum Gasteiger partial charge on any atom is 0.387 e. The largest absolute Gasteiger partial charge is 0.493 e. The van der Waals surface area contributed by atoms with E-state index in [9.17, 15) is 13.6 Å². The summed E-state index contributed by atoms with van der Waals surface area (Å²) in [5.74, 6) is 0.220. The SMILES string of the molecule is COc1cc(/C=C/C(=O)Nc2ccccc2OCCn2ccnc2)ccc1OC(F)F. The van der Waals surface area contributed by atoms with Gasteiger partial charge in [0.1, 0.15) is 12.4 Å². The Labute approximate surface area is 177 Å². The summed E-state index contributed by atoms with van der Waals surface area (Å²) >= 11 is 0. The summed E-state index contributed by atoms with van der Waals surface area (Å²) in [4.78, 5) is 16.3. The van der Waals surface area contributed by atoms with E-state index in [0.29, 0.717) is 30.2 Å². The molecule has 162 valence electrons. The fourth-order valence-electron chi connectivity index (χ4n) is 2.70. The van der Waals surface area contributed by atoms with Gasteiger partial charge in [-0.25, -0.2) is 4.98 Å². The minimum absolute atomic E-state index is 0.0825. The van der Waals surface area contributed by atoms with E-state index in [-0.39, 0.29) is 17.4 Å². The minimum atomic E-state index is -2.96. The van der Waals surface area contributed by atoms with Gasteiger partial charge in [-0.1, -0.05) is 18.2 Å². The molecule has 0 saturated heterocycles. The van der Waals surface area contributed by atoms with Crippen molar-refractivity contribution in [2.75, 3.05) is 19.0 Å². The van der Waals surface area contributed by atoms with Crippen LogP contribution in [0.25, 0.3) is 6.08 Å². The van der Waals surface area contributed by atoms with Crippen LogP contribution in [0.15, 0.2) is 67.3 Å². The Hall–Kier alpha value is -3.88. The maximum absolute atomic E-state index is 12.4. The highest BCUT2D eigenvalue weighted by Gasteiger charge is 2.11. The van der Waals surface area contributed by atoms with Gasteiger partial charge in [-0.05, 0) is 35.9 Å². The number of para-hydroxylation sites is 2. The second-order valence-corrected chi connectivity index (χ2v) is 6.26. The molecule has 0 aliphatic heterocycles. The highest BCUT2D eigenvalue weighted by atomic mass is 19.3. The summed E-state index contributed by atoms with van der Waals surface area (Å²) in [6.45, 7) is -1.93. The number of carbonyl (C=O) groups excluding carboxylic acids is 1. The molecule has 1 aromatic heterocycles. The van der Waals surface area contributed by atoms with E-state index in [1.165, 1.54) is 37.5 Å². The summed E-state index contributed by atoms with van der Waals surface area (Å²) in [7, 11) is 1.34. The van der Waals surface area contributed by atoms with Crippen molar-refractivity contribution in [1.29, 1.82) is 0 Å². The Kier molecular flexibility index (Phi) is 7.58. The molecular formula is C22H21F2N3O4. The van der Waals surface area contributed by atoms with Crippen LogP contribution in [0, 0.1) is 0 Å². The van der Waals surface area contributed by atoms with E-state index in [4.69, 9.17) is 9.47 Å². The molecule has 0 fully saturated rings. The normalized spacial score (nSPS) is 11.0. The number of amides is 1. The summed E-state index contributed by atoms with van der Waals surface area (Å²) in [5.41, 5.74) is 1.11. The lowest BCUT2D eigenvalue weighted by Crippen LogP contribution is -2.11. The molecule has 0 aliphatic rings. The van der Waals surface area contributed by atoms with Crippen LogP contribution in [0.5, 0.6) is 17.2 Å². The van der Waals surface area contributed by atoms with Crippen molar-refractivity contribution >= 4 is 17.7 Å². The predicted molar refractivity (Wildman–Crippen MR) is 111 cm³/mol. The number of rotatable bonds is 10. The number of anilines is 1. The summed E-state index contributed by atoms with van der Waals surface area (Å²) in [5, 5.41) is 2.77. The zero-order chi connectivity index (χ0) is 22.1. The second-order valence-electron chi connectivity index (χ2n) is 6.26. The lowest BCUT2D eigenvalue weighted by molar-refractivity contribution is -0.111. The topological polar surface area (TPSA) is 74.6 Å². The molecule has 31 heavy (non-hydrogen) atoms. The molecule has 0 spiro atoms. The van der Waals surface area contributed by atoms with Crippen LogP contribution in [0.3, 0.4) is 0 Å². The zero-order valence-electron chi connectivity index (χ0n) is 16.7. The van der Waals surface area contributed by atoms with Crippen molar-refractivity contribution in [3.63, 3.8) is 0 Å². The van der Waals surface area contributed by atoms with Crippen LogP contribution >= 0.6 is 0 Å². The summed E-state index contributed by atoms with van der Waals surface area (Å²) in [6.07, 6.45) is 8.08. The van der Waals surface area contributed by atoms with Gasteiger partial charge in [0.2, 0.25) is 5.91 Å². The standard InChI is InChI=1S/C22H21F2N3O4/c1-29-20-14-16(6-8-19(20)31-22(23)24)7-9-21(28)26-17-4-2-3-5-18(17)30-13-12-27-11-10-25-15-27/h2-11,14-15,22H,12-13H2,1H3,(H,26,28)/b9-7+. The molecule has 2 aromatic carbocycles. The molecule has 0 atom stereocenters. The lowest BCUT2D eigenvalue weighted by Gasteiger charge is -2.12. The molecule has 0 aliphatic carbocycles. The third-order valence-corrected chi connectivity index (χ3v) is 4.14. The minimum Gasteiger partial charge on any atom is -0.493 e. The maximum atomic E-state index is 12.4. The first kappa shape index (κ1) is 21.8. The molecule has 3 rings (SSSR count). The molecule has 9 heteroatoms. The molecule has 0 unspecified atom stereocenters. The molecule has 0 saturated carbocycles. The Bertz CT molecular complexity index is 1020. The Balaban J connectivity index is 1.61. The fraction of sp³-hybridized carbons (Fsp3) is 0.182. The van der Waals surface area contributed by atoms with Crippen molar-refractivity contribution < 1.29 is 27.8 Å². The number of methoxy groups -OCH3 is 1. The number of alkyl halides is 2. The molecule has 7 nitrogen and oxygen atoms in total. The number of ether oxygens (including phenoxy) is 3. The third kappa shape index (κ3) is 6.56. The van der Waals surface area contributed by atoms with Gasteiger partial charge in [0.05, 0.1) is 25.7 Å². The van der Waals surface area contributed by atoms with Crippen molar-refractivity contribution in [3.8, 4) is 17.2 Å². The Morgan fingerprint density at radius 1 is 1.19 bits per heavy atom. The first-order chi connectivity index (χ1) is 15.0. The van der Waals surface area contributed by atoms with E-state index in [2.05, 4.69) is 15.0 Å². The number of hydrogen-bond acceptors (Lipinski definition) is 5. The third-order valence-electron chi connectivity index (χ3n) is 4.14. The monoisotopic (exact) mass is 429 g/mol. The van der Waals surface area contributed by atoms with Crippen LogP contribution in [0.1, 0.15) is 5.56 Å². The van der Waals surface area contributed by atoms with Crippen molar-refractivity contribution in [2.24, 2.45) is 0 Å². The van der Waals surface area contributed by atoms with Gasteiger partial charge in [-0.3, -0.25) is 4.79 Å². The van der Waals surface area contributed by atoms with Crippen molar-refractivity contribution in [3.05, 3.63) is 72.8 Å². The highest BCUT2D eigenvalue weighted by molar-refractivity contribution is 6.02. The van der Waals surface area contributed by atoms with Gasteiger partial charge in [-0.15, -0.1) is 0 Å². The quantitative estimate of drug-likeness (QED) is 0.489. The zero-order valence-corrected chi connectivity index (χ0v) is 16.7. The molecule has 3 aromatic rings. The van der Waals surface area contributed by atoms with E-state index in [1.54, 1.807) is 30.7 Å². The average molecular weight is 429 g/mol. The number of halogens is 2. The van der Waals surface area contributed by atoms with Gasteiger partial charge in [0.25, 0.3) is 0 Å². The van der Waals surface area contributed by atoms with Gasteiger partial charge in [0.15, 0.2) is 11.5 Å². The van der Waals surface area contributed by atoms with E-state index < -0.39 is 6.61 Å². The van der Waals surface area contributed by atoms with E-state index >= 15 is 0 Å². The number of aromatic nitrogens is 2. The Morgan fingerprint density at radius 3 is 2.77 bits per heavy atom. The summed E-state index contributed by atoms with van der Waals surface area (Å²) in [6, 6.07) is 11.5. The van der Waals surface area contributed by atoms with E-state index in [1.807, 2.05) is 16.8 Å². The van der Waals surface area contributed by atoms with Crippen molar-refractivity contribution in [2.45, 2.75) is 13.2 Å². The first-order valence-corrected chi connectivity index (χ1v) is 9.34. The number of nitrogens with zero attached hydrogens (tertiary/aromatic N) is 2. The number of carbonyl (C=O) groups is 1. The first-order valence-electron chi connectivity index (χ1n) is 9.34. The molecular weight excluding hydrogens is 408 g/mol. The molecule has 0 bridgehead atoms. The van der Waals surface area contributed by atoms with Gasteiger partial charge < -0.3 is 24.1 Å². The smallest absolute Gasteiger partial charge is 0.387 e. The molecule has 0 radical (unpaired) electrons. The molecule has 1 heterocycles. The fourth-order valence-corrected chi connectivity index (χ4v) is 2.70. The van der Waals surface area contributed by atoms with Crippen molar-refractivity contribution in [1.82, 2.24) is 9.55 Å². The Morgan fingerprint density at radius 2 is 2.03 bits per heavy atom. The average Bonchev–Trinajstić information content (AvgIpc) is 3.27. The summed E-state index contributed by atoms with van der Waals surface area (Å²) < 4.78 is 41.9. The number of imidazole rings is 1. The second kappa shape index (κ2) is 10.8. The molecule has 1 amide bonds. The predicted octanol–water partition coefficient (Wildman–Crippen LogP) is 4.22. The van der Waals surface area contributed by atoms with Crippen LogP contribution in [-0.4, -0.2) is 35.8 Å². The van der Waals surface area contributed by atoms with E-state index in [0.717, 1.165) is 0 Å². The molecule has 1 N–H and O–H groups in total. The van der Waals surface area contributed by atoms with Gasteiger partial charge in [-0.2, -0.15) is 8.78 Å².